The molecule has 1 aliphatic carbocycles. The van der Waals surface area contributed by atoms with Crippen LogP contribution in [0.2, 0.25) is 0 Å². The Hall–Kier alpha value is -1.43. The van der Waals surface area contributed by atoms with E-state index in [0.717, 1.165) is 30.7 Å². The predicted molar refractivity (Wildman–Crippen MR) is 81.8 cm³/mol. The monoisotopic (exact) mass is 355 g/mol. The fourth-order valence-corrected chi connectivity index (χ4v) is 3.12. The maximum atomic E-state index is 13.9. The van der Waals surface area contributed by atoms with Crippen LogP contribution in [0.25, 0.3) is 0 Å². The average molecular weight is 356 g/mol. The molecule has 1 aromatic carbocycles. The molecule has 3 rings (SSSR count). The molecule has 2 aromatic rings. The first-order chi connectivity index (χ1) is 10.0. The van der Waals surface area contributed by atoms with Crippen molar-refractivity contribution in [3.63, 3.8) is 0 Å². The van der Waals surface area contributed by atoms with Gasteiger partial charge in [-0.15, -0.1) is 0 Å². The molecule has 1 fully saturated rings. The van der Waals surface area contributed by atoms with Crippen LogP contribution in [-0.4, -0.2) is 9.55 Å². The second kappa shape index (κ2) is 5.75. The quantitative estimate of drug-likeness (QED) is 0.777. The number of hydrogen-bond acceptors (Lipinski definition) is 2. The van der Waals surface area contributed by atoms with Crippen LogP contribution in [0.3, 0.4) is 0 Å². The summed E-state index contributed by atoms with van der Waals surface area (Å²) in [5.41, 5.74) is 0.961. The smallest absolute Gasteiger partial charge is 0.207 e. The molecule has 0 radical (unpaired) electrons. The number of rotatable bonds is 3. The highest BCUT2D eigenvalue weighted by atomic mass is 79.9. The van der Waals surface area contributed by atoms with Gasteiger partial charge in [0.25, 0.3) is 0 Å². The Kier molecular flexibility index (Phi) is 3.97. The molecule has 6 heteroatoms. The lowest BCUT2D eigenvalue weighted by molar-refractivity contribution is 0.524. The molecule has 0 aliphatic heterocycles. The first-order valence-corrected chi connectivity index (χ1v) is 7.81. The molecule has 0 amide bonds. The zero-order valence-corrected chi connectivity index (χ0v) is 13.3. The fourth-order valence-electron chi connectivity index (χ4n) is 2.81. The fraction of sp³-hybridized carbons (Fsp3) is 0.400. The van der Waals surface area contributed by atoms with Crippen LogP contribution in [0, 0.1) is 18.6 Å². The largest absolute Gasteiger partial charge is 0.323 e. The molecule has 1 N–H and O–H groups in total. The lowest BCUT2D eigenvalue weighted by atomic mass is 10.2. The number of benzene rings is 1. The van der Waals surface area contributed by atoms with Gasteiger partial charge in [0.1, 0.15) is 11.6 Å². The van der Waals surface area contributed by atoms with Gasteiger partial charge in [0, 0.05) is 18.3 Å². The lowest BCUT2D eigenvalue weighted by Crippen LogP contribution is -2.08. The molecular formula is C15H16BrF2N3. The molecule has 0 unspecified atom stereocenters. The van der Waals surface area contributed by atoms with E-state index in [4.69, 9.17) is 0 Å². The van der Waals surface area contributed by atoms with Gasteiger partial charge in [-0.1, -0.05) is 12.8 Å². The van der Waals surface area contributed by atoms with Gasteiger partial charge in [0.05, 0.1) is 15.9 Å². The first-order valence-electron chi connectivity index (χ1n) is 7.01. The zero-order valence-electron chi connectivity index (χ0n) is 11.7. The molecule has 0 bridgehead atoms. The van der Waals surface area contributed by atoms with E-state index in [1.807, 2.05) is 17.7 Å². The molecule has 0 saturated heterocycles. The van der Waals surface area contributed by atoms with Crippen molar-refractivity contribution < 1.29 is 8.78 Å². The molecule has 112 valence electrons. The summed E-state index contributed by atoms with van der Waals surface area (Å²) < 4.78 is 29.7. The number of aryl methyl sites for hydroxylation is 1. The van der Waals surface area contributed by atoms with Gasteiger partial charge in [-0.2, -0.15) is 0 Å². The molecule has 1 aromatic heterocycles. The van der Waals surface area contributed by atoms with E-state index in [1.165, 1.54) is 12.8 Å². The number of anilines is 2. The molecular weight excluding hydrogens is 340 g/mol. The third-order valence-electron chi connectivity index (χ3n) is 3.83. The highest BCUT2D eigenvalue weighted by Crippen LogP contribution is 2.33. The second-order valence-corrected chi connectivity index (χ2v) is 6.28. The summed E-state index contributed by atoms with van der Waals surface area (Å²) in [4.78, 5) is 4.39. The molecule has 21 heavy (non-hydrogen) atoms. The van der Waals surface area contributed by atoms with E-state index in [-0.39, 0.29) is 10.2 Å². The molecule has 0 atom stereocenters. The number of nitrogens with zero attached hydrogens (tertiary/aromatic N) is 2. The van der Waals surface area contributed by atoms with Crippen LogP contribution in [0.15, 0.2) is 22.8 Å². The zero-order chi connectivity index (χ0) is 15.0. The van der Waals surface area contributed by atoms with Gasteiger partial charge >= 0.3 is 0 Å². The van der Waals surface area contributed by atoms with Crippen LogP contribution in [-0.2, 0) is 0 Å². The van der Waals surface area contributed by atoms with Crippen molar-refractivity contribution >= 4 is 27.6 Å². The van der Waals surface area contributed by atoms with Crippen LogP contribution in [0.4, 0.5) is 20.4 Å². The Labute approximate surface area is 130 Å². The van der Waals surface area contributed by atoms with E-state index < -0.39 is 11.6 Å². The summed E-state index contributed by atoms with van der Waals surface area (Å²) in [6.45, 7) is 1.90. The van der Waals surface area contributed by atoms with Crippen LogP contribution < -0.4 is 5.32 Å². The van der Waals surface area contributed by atoms with Crippen molar-refractivity contribution in [3.8, 4) is 0 Å². The van der Waals surface area contributed by atoms with Crippen LogP contribution in [0.5, 0.6) is 0 Å². The normalized spacial score (nSPS) is 15.6. The second-order valence-electron chi connectivity index (χ2n) is 5.42. The van der Waals surface area contributed by atoms with Gasteiger partial charge in [0.15, 0.2) is 0 Å². The number of aromatic nitrogens is 2. The Morgan fingerprint density at radius 3 is 2.67 bits per heavy atom. The van der Waals surface area contributed by atoms with Crippen LogP contribution in [0.1, 0.15) is 37.4 Å². The summed E-state index contributed by atoms with van der Waals surface area (Å²) in [5, 5.41) is 2.92. The van der Waals surface area contributed by atoms with Gasteiger partial charge in [-0.25, -0.2) is 13.8 Å². The summed E-state index contributed by atoms with van der Waals surface area (Å²) in [6, 6.07) is 2.65. The van der Waals surface area contributed by atoms with E-state index in [1.54, 1.807) is 0 Å². The van der Waals surface area contributed by atoms with Crippen molar-refractivity contribution in [1.82, 2.24) is 9.55 Å². The minimum Gasteiger partial charge on any atom is -0.323 e. The molecule has 1 saturated carbocycles. The van der Waals surface area contributed by atoms with Gasteiger partial charge in [-0.3, -0.25) is 0 Å². The number of halogens is 3. The van der Waals surface area contributed by atoms with Gasteiger partial charge in [0.2, 0.25) is 5.95 Å². The summed E-state index contributed by atoms with van der Waals surface area (Å²) in [7, 11) is 0. The highest BCUT2D eigenvalue weighted by molar-refractivity contribution is 9.10. The number of imidazole rings is 1. The van der Waals surface area contributed by atoms with Crippen molar-refractivity contribution in [1.29, 1.82) is 0 Å². The lowest BCUT2D eigenvalue weighted by Gasteiger charge is -2.16. The molecule has 1 aliphatic rings. The van der Waals surface area contributed by atoms with Crippen molar-refractivity contribution in [2.24, 2.45) is 0 Å². The summed E-state index contributed by atoms with van der Waals surface area (Å²) in [5.74, 6) is -0.448. The Balaban J connectivity index is 1.93. The molecule has 3 nitrogen and oxygen atoms in total. The number of nitrogens with one attached hydrogen (secondary N) is 1. The average Bonchev–Trinajstić information content (AvgIpc) is 3.05. The van der Waals surface area contributed by atoms with Gasteiger partial charge in [-0.05, 0) is 41.8 Å². The van der Waals surface area contributed by atoms with Gasteiger partial charge < -0.3 is 9.88 Å². The van der Waals surface area contributed by atoms with E-state index >= 15 is 0 Å². The van der Waals surface area contributed by atoms with Crippen LogP contribution >= 0.6 is 15.9 Å². The minimum absolute atomic E-state index is 0.0977. The standard InChI is InChI=1S/C15H16BrF2N3/c1-9-8-21(10-4-2-3-5-10)15(19-9)20-14-7-12(17)11(16)6-13(14)18/h6-8,10H,2-5H2,1H3,(H,19,20). The van der Waals surface area contributed by atoms with E-state index in [0.29, 0.717) is 12.0 Å². The van der Waals surface area contributed by atoms with Crippen molar-refractivity contribution in [3.05, 3.63) is 40.1 Å². The predicted octanol–water partition coefficient (Wildman–Crippen LogP) is 5.09. The molecule has 1 heterocycles. The van der Waals surface area contributed by atoms with E-state index in [2.05, 4.69) is 26.2 Å². The summed E-state index contributed by atoms with van der Waals surface area (Å²) in [6.07, 6.45) is 6.56. The van der Waals surface area contributed by atoms with Crippen molar-refractivity contribution in [2.45, 2.75) is 38.6 Å². The highest BCUT2D eigenvalue weighted by Gasteiger charge is 2.21. The Morgan fingerprint density at radius 1 is 1.24 bits per heavy atom. The first kappa shape index (κ1) is 14.5. The number of hydrogen-bond donors (Lipinski definition) is 1. The summed E-state index contributed by atoms with van der Waals surface area (Å²) >= 11 is 2.97. The maximum absolute atomic E-state index is 13.9. The minimum atomic E-state index is -0.512. The Morgan fingerprint density at radius 2 is 1.95 bits per heavy atom. The SMILES string of the molecule is Cc1cn(C2CCCC2)c(Nc2cc(F)c(Br)cc2F)n1. The third kappa shape index (κ3) is 2.95. The molecule has 0 spiro atoms. The topological polar surface area (TPSA) is 29.9 Å². The van der Waals surface area contributed by atoms with Crippen molar-refractivity contribution in [2.75, 3.05) is 5.32 Å². The third-order valence-corrected chi connectivity index (χ3v) is 4.43. The Bertz CT molecular complexity index is 663. The van der Waals surface area contributed by atoms with E-state index in [9.17, 15) is 8.78 Å². The maximum Gasteiger partial charge on any atom is 0.207 e.